The minimum Gasteiger partial charge on any atom is -0.491 e. The van der Waals surface area contributed by atoms with E-state index in [9.17, 15) is 9.18 Å². The molecule has 0 aliphatic rings. The second-order valence-corrected chi connectivity index (χ2v) is 7.23. The number of halogens is 2. The monoisotopic (exact) mass is 415 g/mol. The van der Waals surface area contributed by atoms with Crippen LogP contribution in [-0.2, 0) is 11.3 Å². The molecule has 0 aliphatic heterocycles. The second kappa shape index (κ2) is 9.09. The van der Waals surface area contributed by atoms with Crippen molar-refractivity contribution in [3.8, 4) is 11.4 Å². The lowest BCUT2D eigenvalue weighted by molar-refractivity contribution is -0.130. The highest BCUT2D eigenvalue weighted by Crippen LogP contribution is 2.25. The van der Waals surface area contributed by atoms with E-state index in [0.29, 0.717) is 12.3 Å². The van der Waals surface area contributed by atoms with E-state index in [4.69, 9.17) is 16.3 Å². The summed E-state index contributed by atoms with van der Waals surface area (Å²) >= 11 is 5.93. The van der Waals surface area contributed by atoms with E-state index in [1.54, 1.807) is 11.9 Å². The number of carbonyl (C=O) groups is 1. The number of aryl methyl sites for hydroxylation is 1. The summed E-state index contributed by atoms with van der Waals surface area (Å²) in [6.07, 6.45) is 0.190. The average molecular weight is 416 g/mol. The summed E-state index contributed by atoms with van der Waals surface area (Å²) in [4.78, 5) is 14.2. The zero-order chi connectivity index (χ0) is 21.0. The number of ether oxygens (including phenoxy) is 1. The van der Waals surface area contributed by atoms with E-state index in [2.05, 4.69) is 5.10 Å². The van der Waals surface area contributed by atoms with Crippen molar-refractivity contribution in [1.29, 1.82) is 0 Å². The molecule has 5 nitrogen and oxygen atoms in total. The Morgan fingerprint density at radius 1 is 1.21 bits per heavy atom. The first kappa shape index (κ1) is 20.9. The smallest absolute Gasteiger partial charge is 0.226 e. The van der Waals surface area contributed by atoms with Crippen molar-refractivity contribution in [1.82, 2.24) is 14.7 Å². The van der Waals surface area contributed by atoms with Crippen LogP contribution in [0.15, 0.2) is 48.5 Å². The molecule has 1 amide bonds. The number of carbonyl (C=O) groups excluding carboxylic acids is 1. The zero-order valence-corrected chi connectivity index (χ0v) is 17.4. The molecular formula is C22H23ClFN3O2. The summed E-state index contributed by atoms with van der Waals surface area (Å²) in [5, 5.41) is 4.81. The molecule has 1 aromatic heterocycles. The number of aromatic nitrogens is 2. The third-order valence-electron chi connectivity index (χ3n) is 4.73. The quantitative estimate of drug-likeness (QED) is 0.561. The zero-order valence-electron chi connectivity index (χ0n) is 16.7. The molecule has 0 bridgehead atoms. The fourth-order valence-electron chi connectivity index (χ4n) is 3.08. The molecule has 0 radical (unpaired) electrons. The molecule has 0 aliphatic carbocycles. The highest BCUT2D eigenvalue weighted by molar-refractivity contribution is 6.32. The van der Waals surface area contributed by atoms with Crippen LogP contribution in [0.2, 0.25) is 5.02 Å². The minimum absolute atomic E-state index is 0.0607. The third-order valence-corrected chi connectivity index (χ3v) is 5.03. The lowest BCUT2D eigenvalue weighted by Gasteiger charge is -2.18. The molecule has 0 unspecified atom stereocenters. The van der Waals surface area contributed by atoms with E-state index in [1.807, 2.05) is 48.9 Å². The van der Waals surface area contributed by atoms with Gasteiger partial charge in [0.15, 0.2) is 0 Å². The van der Waals surface area contributed by atoms with E-state index < -0.39 is 5.82 Å². The number of hydrogen-bond acceptors (Lipinski definition) is 3. The Hall–Kier alpha value is -2.86. The molecule has 2 aromatic carbocycles. The van der Waals surface area contributed by atoms with Crippen LogP contribution >= 0.6 is 11.6 Å². The molecule has 3 rings (SSSR count). The summed E-state index contributed by atoms with van der Waals surface area (Å²) in [5.74, 6) is -0.131. The summed E-state index contributed by atoms with van der Waals surface area (Å²) < 4.78 is 20.5. The standard InChI is InChI=1S/C22H23ClFN3O2/c1-15-19(16(2)27(25-15)18-7-5-4-6-8-18)14-26(3)22(28)11-12-29-21-10-9-17(24)13-20(21)23/h4-10,13H,11-12,14H2,1-3H3. The van der Waals surface area contributed by atoms with Crippen molar-refractivity contribution in [2.45, 2.75) is 26.8 Å². The molecule has 7 heteroatoms. The normalized spacial score (nSPS) is 10.8. The molecule has 0 fully saturated rings. The lowest BCUT2D eigenvalue weighted by atomic mass is 10.2. The van der Waals surface area contributed by atoms with Crippen molar-refractivity contribution >= 4 is 17.5 Å². The molecular weight excluding hydrogens is 393 g/mol. The van der Waals surface area contributed by atoms with Crippen molar-refractivity contribution in [3.05, 3.63) is 76.3 Å². The van der Waals surface area contributed by atoms with Gasteiger partial charge in [0.05, 0.1) is 29.4 Å². The largest absolute Gasteiger partial charge is 0.491 e. The maximum Gasteiger partial charge on any atom is 0.226 e. The maximum atomic E-state index is 13.1. The van der Waals surface area contributed by atoms with Gasteiger partial charge in [-0.1, -0.05) is 29.8 Å². The van der Waals surface area contributed by atoms with E-state index in [0.717, 1.165) is 22.6 Å². The van der Waals surface area contributed by atoms with E-state index >= 15 is 0 Å². The molecule has 0 saturated heterocycles. The number of rotatable bonds is 7. The minimum atomic E-state index is -0.431. The van der Waals surface area contributed by atoms with Crippen LogP contribution in [0.1, 0.15) is 23.4 Å². The van der Waals surface area contributed by atoms with Crippen LogP contribution in [0.3, 0.4) is 0 Å². The fraction of sp³-hybridized carbons (Fsp3) is 0.273. The van der Waals surface area contributed by atoms with Gasteiger partial charge in [0.1, 0.15) is 11.6 Å². The van der Waals surface area contributed by atoms with Gasteiger partial charge in [-0.2, -0.15) is 5.10 Å². The lowest BCUT2D eigenvalue weighted by Crippen LogP contribution is -2.28. The van der Waals surface area contributed by atoms with Gasteiger partial charge in [0.2, 0.25) is 5.91 Å². The molecule has 1 heterocycles. The van der Waals surface area contributed by atoms with Crippen molar-refractivity contribution < 1.29 is 13.9 Å². The van der Waals surface area contributed by atoms with Gasteiger partial charge < -0.3 is 9.64 Å². The Morgan fingerprint density at radius 2 is 1.93 bits per heavy atom. The first-order chi connectivity index (χ1) is 13.9. The number of hydrogen-bond donors (Lipinski definition) is 0. The van der Waals surface area contributed by atoms with E-state index in [-0.39, 0.29) is 24.0 Å². The van der Waals surface area contributed by atoms with Gasteiger partial charge in [-0.15, -0.1) is 0 Å². The van der Waals surface area contributed by atoms with Crippen LogP contribution in [-0.4, -0.2) is 34.2 Å². The Morgan fingerprint density at radius 3 is 2.62 bits per heavy atom. The van der Waals surface area contributed by atoms with Crippen molar-refractivity contribution in [3.63, 3.8) is 0 Å². The highest BCUT2D eigenvalue weighted by atomic mass is 35.5. The van der Waals surface area contributed by atoms with Crippen LogP contribution in [0.25, 0.3) is 5.69 Å². The Bertz CT molecular complexity index is 1000. The van der Waals surface area contributed by atoms with Gasteiger partial charge in [-0.05, 0) is 44.2 Å². The summed E-state index contributed by atoms with van der Waals surface area (Å²) in [6.45, 7) is 4.57. The predicted molar refractivity (Wildman–Crippen MR) is 111 cm³/mol. The van der Waals surface area contributed by atoms with Crippen LogP contribution in [0.4, 0.5) is 4.39 Å². The number of para-hydroxylation sites is 1. The Balaban J connectivity index is 1.60. The molecule has 3 aromatic rings. The average Bonchev–Trinajstić information content (AvgIpc) is 2.98. The highest BCUT2D eigenvalue weighted by Gasteiger charge is 2.17. The van der Waals surface area contributed by atoms with E-state index in [1.165, 1.54) is 18.2 Å². The first-order valence-corrected chi connectivity index (χ1v) is 9.67. The van der Waals surface area contributed by atoms with Gasteiger partial charge in [-0.25, -0.2) is 9.07 Å². The van der Waals surface area contributed by atoms with Gasteiger partial charge in [-0.3, -0.25) is 4.79 Å². The summed E-state index contributed by atoms with van der Waals surface area (Å²) in [5.41, 5.74) is 3.90. The summed E-state index contributed by atoms with van der Waals surface area (Å²) in [7, 11) is 1.76. The van der Waals surface area contributed by atoms with Crippen molar-refractivity contribution in [2.75, 3.05) is 13.7 Å². The van der Waals surface area contributed by atoms with Gasteiger partial charge in [0, 0.05) is 24.8 Å². The van der Waals surface area contributed by atoms with Gasteiger partial charge >= 0.3 is 0 Å². The molecule has 0 spiro atoms. The Labute approximate surface area is 174 Å². The van der Waals surface area contributed by atoms with Crippen LogP contribution in [0.5, 0.6) is 5.75 Å². The first-order valence-electron chi connectivity index (χ1n) is 9.29. The fourth-order valence-corrected chi connectivity index (χ4v) is 3.30. The van der Waals surface area contributed by atoms with Crippen molar-refractivity contribution in [2.24, 2.45) is 0 Å². The van der Waals surface area contributed by atoms with Gasteiger partial charge in [0.25, 0.3) is 0 Å². The van der Waals surface area contributed by atoms with Crippen LogP contribution in [0, 0.1) is 19.7 Å². The third kappa shape index (κ3) is 4.95. The molecule has 29 heavy (non-hydrogen) atoms. The number of nitrogens with zero attached hydrogens (tertiary/aromatic N) is 3. The molecule has 0 atom stereocenters. The predicted octanol–water partition coefficient (Wildman–Crippen LogP) is 4.71. The molecule has 0 N–H and O–H groups in total. The number of benzene rings is 2. The Kier molecular flexibility index (Phi) is 6.54. The molecule has 0 saturated carbocycles. The number of amides is 1. The second-order valence-electron chi connectivity index (χ2n) is 6.82. The topological polar surface area (TPSA) is 47.4 Å². The maximum absolute atomic E-state index is 13.1. The summed E-state index contributed by atoms with van der Waals surface area (Å²) in [6, 6.07) is 13.8. The van der Waals surface area contributed by atoms with Crippen LogP contribution < -0.4 is 4.74 Å². The molecule has 152 valence electrons. The SMILES string of the molecule is Cc1nn(-c2ccccc2)c(C)c1CN(C)C(=O)CCOc1ccc(F)cc1Cl.